The van der Waals surface area contributed by atoms with Gasteiger partial charge in [-0.1, -0.05) is 0 Å². The number of carbonyl (C=O) groups excluding carboxylic acids is 1. The molecule has 1 aliphatic carbocycles. The summed E-state index contributed by atoms with van der Waals surface area (Å²) in [5.74, 6) is -2.04. The van der Waals surface area contributed by atoms with E-state index in [1.54, 1.807) is 7.05 Å². The zero-order valence-electron chi connectivity index (χ0n) is 17.9. The summed E-state index contributed by atoms with van der Waals surface area (Å²) in [7, 11) is 1.61. The van der Waals surface area contributed by atoms with E-state index in [4.69, 9.17) is 10.8 Å². The molecule has 3 aromatic rings. The van der Waals surface area contributed by atoms with E-state index in [2.05, 4.69) is 20.9 Å². The molecule has 0 radical (unpaired) electrons. The van der Waals surface area contributed by atoms with Crippen molar-refractivity contribution in [1.82, 2.24) is 4.98 Å². The topological polar surface area (TPSA) is 149 Å². The van der Waals surface area contributed by atoms with Crippen LogP contribution in [0.25, 0.3) is 10.9 Å². The molecule has 172 valence electrons. The highest BCUT2D eigenvalue weighted by Gasteiger charge is 2.27. The van der Waals surface area contributed by atoms with E-state index in [-0.39, 0.29) is 28.8 Å². The first-order valence-corrected chi connectivity index (χ1v) is 10.5. The standard InChI is InChI=1S/C23H24FN5O4/c1-26-17-9-13(24)8-16-19(17)29-22(31)18(20(16)27-10-11-6-14(25)7-11)21(30)28-15-4-2-12(3-5-15)23(32)33/h2-5,8-9,11,14,26H,6-7,10,25H2,1H3,(H,28,30)(H,32,33)(H2,27,29,31). The molecule has 1 fully saturated rings. The third kappa shape index (κ3) is 4.51. The SMILES string of the molecule is CNc1cc(F)cc2c(NCC3CC(N)C3)c(C(=O)Nc3ccc(C(=O)O)cc3)c(=O)[nH]c12. The summed E-state index contributed by atoms with van der Waals surface area (Å²) in [5.41, 5.74) is 6.39. The van der Waals surface area contributed by atoms with Crippen molar-refractivity contribution in [2.24, 2.45) is 11.7 Å². The molecular weight excluding hydrogens is 429 g/mol. The Hall–Kier alpha value is -3.92. The lowest BCUT2D eigenvalue weighted by molar-refractivity contribution is 0.0696. The fourth-order valence-corrected chi connectivity index (χ4v) is 4.05. The molecule has 2 aromatic carbocycles. The third-order valence-electron chi connectivity index (χ3n) is 5.81. The molecule has 1 saturated carbocycles. The first kappa shape index (κ1) is 22.3. The molecule has 0 aliphatic heterocycles. The number of nitrogens with one attached hydrogen (secondary N) is 4. The maximum atomic E-state index is 14.4. The number of fused-ring (bicyclic) bond motifs is 1. The van der Waals surface area contributed by atoms with Crippen molar-refractivity contribution in [3.63, 3.8) is 0 Å². The number of halogens is 1. The minimum atomic E-state index is -1.09. The molecule has 0 saturated heterocycles. The Labute approximate surface area is 188 Å². The van der Waals surface area contributed by atoms with Crippen LogP contribution in [-0.2, 0) is 0 Å². The van der Waals surface area contributed by atoms with E-state index in [1.807, 2.05) is 0 Å². The number of hydrogen-bond donors (Lipinski definition) is 6. The summed E-state index contributed by atoms with van der Waals surface area (Å²) in [5, 5.41) is 18.0. The van der Waals surface area contributed by atoms with E-state index >= 15 is 0 Å². The number of carboxylic acid groups (broad SMARTS) is 1. The van der Waals surface area contributed by atoms with Gasteiger partial charge in [0.15, 0.2) is 0 Å². The van der Waals surface area contributed by atoms with E-state index in [1.165, 1.54) is 36.4 Å². The van der Waals surface area contributed by atoms with Gasteiger partial charge in [0.25, 0.3) is 11.5 Å². The second-order valence-electron chi connectivity index (χ2n) is 8.15. The molecule has 7 N–H and O–H groups in total. The third-order valence-corrected chi connectivity index (χ3v) is 5.81. The van der Waals surface area contributed by atoms with Crippen LogP contribution in [0, 0.1) is 11.7 Å². The summed E-state index contributed by atoms with van der Waals surface area (Å²) in [4.78, 5) is 39.8. The first-order chi connectivity index (χ1) is 15.8. The predicted octanol–water partition coefficient (Wildman–Crippen LogP) is 2.81. The van der Waals surface area contributed by atoms with Gasteiger partial charge in [0.1, 0.15) is 11.4 Å². The summed E-state index contributed by atoms with van der Waals surface area (Å²) in [6.07, 6.45) is 1.64. The molecule has 0 unspecified atom stereocenters. The number of carbonyl (C=O) groups is 2. The fourth-order valence-electron chi connectivity index (χ4n) is 4.05. The fraction of sp³-hybridized carbons (Fsp3) is 0.261. The molecule has 0 atom stereocenters. The number of rotatable bonds is 7. The lowest BCUT2D eigenvalue weighted by Crippen LogP contribution is -2.39. The van der Waals surface area contributed by atoms with Gasteiger partial charge in [0.05, 0.1) is 22.5 Å². The van der Waals surface area contributed by atoms with Gasteiger partial charge in [-0.15, -0.1) is 0 Å². The Balaban J connectivity index is 1.75. The van der Waals surface area contributed by atoms with Crippen molar-refractivity contribution in [2.45, 2.75) is 18.9 Å². The molecule has 33 heavy (non-hydrogen) atoms. The van der Waals surface area contributed by atoms with Crippen LogP contribution in [0.5, 0.6) is 0 Å². The van der Waals surface area contributed by atoms with Gasteiger partial charge < -0.3 is 31.8 Å². The van der Waals surface area contributed by atoms with Crippen LogP contribution in [0.2, 0.25) is 0 Å². The summed E-state index contributed by atoms with van der Waals surface area (Å²) >= 11 is 0. The Morgan fingerprint density at radius 3 is 2.52 bits per heavy atom. The van der Waals surface area contributed by atoms with Crippen LogP contribution in [0.3, 0.4) is 0 Å². The van der Waals surface area contributed by atoms with E-state index in [0.717, 1.165) is 12.8 Å². The highest BCUT2D eigenvalue weighted by atomic mass is 19.1. The zero-order valence-corrected chi connectivity index (χ0v) is 17.9. The van der Waals surface area contributed by atoms with Gasteiger partial charge in [-0.25, -0.2) is 9.18 Å². The van der Waals surface area contributed by atoms with Gasteiger partial charge in [0, 0.05) is 30.7 Å². The smallest absolute Gasteiger partial charge is 0.335 e. The van der Waals surface area contributed by atoms with Crippen LogP contribution in [0.4, 0.5) is 21.5 Å². The molecular formula is C23H24FN5O4. The Morgan fingerprint density at radius 2 is 1.91 bits per heavy atom. The number of aromatic carboxylic acids is 1. The molecule has 1 heterocycles. The second-order valence-corrected chi connectivity index (χ2v) is 8.15. The monoisotopic (exact) mass is 453 g/mol. The van der Waals surface area contributed by atoms with Crippen molar-refractivity contribution >= 4 is 39.8 Å². The molecule has 1 aliphatic rings. The largest absolute Gasteiger partial charge is 0.478 e. The van der Waals surface area contributed by atoms with Gasteiger partial charge >= 0.3 is 5.97 Å². The van der Waals surface area contributed by atoms with Crippen LogP contribution in [0.15, 0.2) is 41.2 Å². The zero-order chi connectivity index (χ0) is 23.7. The van der Waals surface area contributed by atoms with Crippen molar-refractivity contribution in [3.05, 3.63) is 63.7 Å². The van der Waals surface area contributed by atoms with E-state index in [0.29, 0.717) is 28.8 Å². The van der Waals surface area contributed by atoms with Crippen molar-refractivity contribution in [1.29, 1.82) is 0 Å². The van der Waals surface area contributed by atoms with E-state index < -0.39 is 23.3 Å². The molecule has 1 amide bonds. The summed E-state index contributed by atoms with van der Waals surface area (Å²) in [6.45, 7) is 0.477. The first-order valence-electron chi connectivity index (χ1n) is 10.5. The number of aromatic amines is 1. The van der Waals surface area contributed by atoms with Crippen molar-refractivity contribution in [2.75, 3.05) is 29.5 Å². The quantitative estimate of drug-likeness (QED) is 0.322. The number of H-pyrrole nitrogens is 1. The van der Waals surface area contributed by atoms with Crippen LogP contribution < -0.4 is 27.2 Å². The number of anilines is 3. The average molecular weight is 453 g/mol. The maximum absolute atomic E-state index is 14.4. The highest BCUT2D eigenvalue weighted by Crippen LogP contribution is 2.32. The van der Waals surface area contributed by atoms with Crippen molar-refractivity contribution in [3.8, 4) is 0 Å². The predicted molar refractivity (Wildman–Crippen MR) is 125 cm³/mol. The van der Waals surface area contributed by atoms with E-state index in [9.17, 15) is 18.8 Å². The Bertz CT molecular complexity index is 1280. The van der Waals surface area contributed by atoms with Crippen molar-refractivity contribution < 1.29 is 19.1 Å². The molecule has 4 rings (SSSR count). The maximum Gasteiger partial charge on any atom is 0.335 e. The summed E-state index contributed by atoms with van der Waals surface area (Å²) < 4.78 is 14.4. The van der Waals surface area contributed by atoms with Gasteiger partial charge in [-0.2, -0.15) is 0 Å². The number of pyridine rings is 1. The highest BCUT2D eigenvalue weighted by molar-refractivity contribution is 6.13. The second kappa shape index (κ2) is 8.91. The molecule has 1 aromatic heterocycles. The number of benzene rings is 2. The number of aromatic nitrogens is 1. The summed E-state index contributed by atoms with van der Waals surface area (Å²) in [6, 6.07) is 8.20. The lowest BCUT2D eigenvalue weighted by atomic mass is 9.81. The van der Waals surface area contributed by atoms with Crippen LogP contribution >= 0.6 is 0 Å². The molecule has 0 bridgehead atoms. The molecule has 10 heteroatoms. The number of nitrogens with two attached hydrogens (primary N) is 1. The van der Waals surface area contributed by atoms with Crippen LogP contribution in [-0.4, -0.2) is 41.6 Å². The number of hydrogen-bond acceptors (Lipinski definition) is 6. The van der Waals surface area contributed by atoms with Gasteiger partial charge in [0.2, 0.25) is 0 Å². The minimum absolute atomic E-state index is 0.0627. The van der Waals surface area contributed by atoms with Crippen LogP contribution in [0.1, 0.15) is 33.6 Å². The molecule has 9 nitrogen and oxygen atoms in total. The Kier molecular flexibility index (Phi) is 6.01. The molecule has 0 spiro atoms. The lowest BCUT2D eigenvalue weighted by Gasteiger charge is -2.33. The Morgan fingerprint density at radius 1 is 1.21 bits per heavy atom. The van der Waals surface area contributed by atoms with Gasteiger partial charge in [-0.3, -0.25) is 9.59 Å². The van der Waals surface area contributed by atoms with Gasteiger partial charge in [-0.05, 0) is 55.2 Å². The normalized spacial score (nSPS) is 17.3. The average Bonchev–Trinajstić information content (AvgIpc) is 2.75. The number of carboxylic acids is 1. The minimum Gasteiger partial charge on any atom is -0.478 e. The number of amides is 1.